The van der Waals surface area contributed by atoms with Crippen molar-refractivity contribution in [2.45, 2.75) is 32.6 Å². The van der Waals surface area contributed by atoms with Gasteiger partial charge in [-0.1, -0.05) is 21.5 Å². The highest BCUT2D eigenvalue weighted by molar-refractivity contribution is 9.10. The second kappa shape index (κ2) is 5.88. The van der Waals surface area contributed by atoms with Gasteiger partial charge in [-0.15, -0.1) is 0 Å². The van der Waals surface area contributed by atoms with Crippen molar-refractivity contribution in [2.75, 3.05) is 6.61 Å². The lowest BCUT2D eigenvalue weighted by molar-refractivity contribution is -0.148. The molecule has 1 amide bonds. The van der Waals surface area contributed by atoms with Crippen LogP contribution < -0.4 is 5.73 Å². The minimum atomic E-state index is -0.403. The Labute approximate surface area is 137 Å². The SMILES string of the molecule is CCOC(=O)C1CCC2=C(Cc3c(C(N)=O)cc(Br)cc32)C1. The van der Waals surface area contributed by atoms with Gasteiger partial charge in [-0.2, -0.15) is 0 Å². The molecule has 3 rings (SSSR count). The Morgan fingerprint density at radius 1 is 1.41 bits per heavy atom. The fourth-order valence-electron chi connectivity index (χ4n) is 3.51. The van der Waals surface area contributed by atoms with Crippen molar-refractivity contribution in [1.82, 2.24) is 0 Å². The van der Waals surface area contributed by atoms with E-state index in [1.165, 1.54) is 11.1 Å². The minimum absolute atomic E-state index is 0.0616. The fourth-order valence-corrected chi connectivity index (χ4v) is 3.97. The molecule has 22 heavy (non-hydrogen) atoms. The maximum Gasteiger partial charge on any atom is 0.309 e. The van der Waals surface area contributed by atoms with Crippen LogP contribution in [0.3, 0.4) is 0 Å². The van der Waals surface area contributed by atoms with Crippen molar-refractivity contribution < 1.29 is 14.3 Å². The summed E-state index contributed by atoms with van der Waals surface area (Å²) >= 11 is 3.45. The first kappa shape index (κ1) is 15.3. The van der Waals surface area contributed by atoms with Gasteiger partial charge in [0, 0.05) is 10.0 Å². The zero-order valence-corrected chi connectivity index (χ0v) is 14.0. The van der Waals surface area contributed by atoms with Gasteiger partial charge < -0.3 is 10.5 Å². The Bertz CT molecular complexity index is 693. The Morgan fingerprint density at radius 3 is 2.86 bits per heavy atom. The first-order valence-electron chi connectivity index (χ1n) is 7.51. The zero-order valence-electron chi connectivity index (χ0n) is 12.4. The number of hydrogen-bond acceptors (Lipinski definition) is 3. The van der Waals surface area contributed by atoms with E-state index in [0.717, 1.165) is 34.9 Å². The van der Waals surface area contributed by atoms with Gasteiger partial charge in [0.25, 0.3) is 0 Å². The maximum atomic E-state index is 12.0. The molecule has 0 bridgehead atoms. The molecule has 2 aliphatic carbocycles. The van der Waals surface area contributed by atoms with E-state index in [-0.39, 0.29) is 11.9 Å². The van der Waals surface area contributed by atoms with Crippen LogP contribution in [0, 0.1) is 5.92 Å². The van der Waals surface area contributed by atoms with E-state index in [1.54, 1.807) is 6.07 Å². The van der Waals surface area contributed by atoms with E-state index in [4.69, 9.17) is 10.5 Å². The predicted octanol–water partition coefficient (Wildman–Crippen LogP) is 3.22. The van der Waals surface area contributed by atoms with Gasteiger partial charge in [-0.05, 0) is 61.4 Å². The van der Waals surface area contributed by atoms with Crippen LogP contribution in [0.15, 0.2) is 22.2 Å². The second-order valence-electron chi connectivity index (χ2n) is 5.79. The molecule has 1 unspecified atom stereocenters. The highest BCUT2D eigenvalue weighted by Gasteiger charge is 2.33. The molecule has 0 aliphatic heterocycles. The minimum Gasteiger partial charge on any atom is -0.466 e. The Hall–Kier alpha value is -1.62. The summed E-state index contributed by atoms with van der Waals surface area (Å²) in [7, 11) is 0. The summed E-state index contributed by atoms with van der Waals surface area (Å²) in [6, 6.07) is 3.83. The molecule has 2 N–H and O–H groups in total. The van der Waals surface area contributed by atoms with Crippen LogP contribution in [-0.2, 0) is 16.0 Å². The number of esters is 1. The Morgan fingerprint density at radius 2 is 2.18 bits per heavy atom. The van der Waals surface area contributed by atoms with Crippen LogP contribution in [0.4, 0.5) is 0 Å². The number of halogens is 1. The molecule has 1 aromatic carbocycles. The van der Waals surface area contributed by atoms with Gasteiger partial charge in [-0.25, -0.2) is 0 Å². The predicted molar refractivity (Wildman–Crippen MR) is 87.3 cm³/mol. The summed E-state index contributed by atoms with van der Waals surface area (Å²) in [5.41, 5.74) is 10.7. The number of hydrogen-bond donors (Lipinski definition) is 1. The van der Waals surface area contributed by atoms with Crippen LogP contribution in [0.25, 0.3) is 5.57 Å². The van der Waals surface area contributed by atoms with Crippen molar-refractivity contribution in [3.63, 3.8) is 0 Å². The molecule has 0 radical (unpaired) electrons. The van der Waals surface area contributed by atoms with E-state index >= 15 is 0 Å². The molecule has 1 aromatic rings. The summed E-state index contributed by atoms with van der Waals surface area (Å²) in [4.78, 5) is 23.6. The number of allylic oxidation sites excluding steroid dienone is 2. The third-order valence-electron chi connectivity index (χ3n) is 4.48. The second-order valence-corrected chi connectivity index (χ2v) is 6.71. The maximum absolute atomic E-state index is 12.0. The van der Waals surface area contributed by atoms with Crippen molar-refractivity contribution >= 4 is 33.4 Å². The van der Waals surface area contributed by atoms with Crippen molar-refractivity contribution in [3.05, 3.63) is 38.9 Å². The van der Waals surface area contributed by atoms with E-state index < -0.39 is 5.91 Å². The number of carbonyl (C=O) groups excluding carboxylic acids is 2. The van der Waals surface area contributed by atoms with Gasteiger partial charge in [-0.3, -0.25) is 9.59 Å². The molecule has 5 heteroatoms. The number of amides is 1. The standard InChI is InChI=1S/C17H18BrNO3/c1-2-22-17(21)9-3-4-12-10(5-9)6-13-14(12)7-11(18)8-15(13)16(19)20/h7-9H,2-6H2,1H3,(H2,19,20). The highest BCUT2D eigenvalue weighted by Crippen LogP contribution is 2.45. The van der Waals surface area contributed by atoms with Gasteiger partial charge >= 0.3 is 5.97 Å². The van der Waals surface area contributed by atoms with Crippen molar-refractivity contribution in [2.24, 2.45) is 11.7 Å². The monoisotopic (exact) mass is 363 g/mol. The number of benzene rings is 1. The first-order chi connectivity index (χ1) is 10.5. The molecule has 0 spiro atoms. The van der Waals surface area contributed by atoms with E-state index in [0.29, 0.717) is 18.6 Å². The highest BCUT2D eigenvalue weighted by atomic mass is 79.9. The smallest absolute Gasteiger partial charge is 0.309 e. The largest absolute Gasteiger partial charge is 0.466 e. The third-order valence-corrected chi connectivity index (χ3v) is 4.94. The average molecular weight is 364 g/mol. The summed E-state index contributed by atoms with van der Waals surface area (Å²) in [6.07, 6.45) is 3.08. The van der Waals surface area contributed by atoms with Gasteiger partial charge in [0.15, 0.2) is 0 Å². The normalized spacial score (nSPS) is 19.6. The van der Waals surface area contributed by atoms with Crippen LogP contribution in [0.5, 0.6) is 0 Å². The van der Waals surface area contributed by atoms with Crippen LogP contribution >= 0.6 is 15.9 Å². The van der Waals surface area contributed by atoms with Gasteiger partial charge in [0.05, 0.1) is 12.5 Å². The molecule has 0 saturated heterocycles. The molecule has 2 aliphatic rings. The number of fused-ring (bicyclic) bond motifs is 2. The van der Waals surface area contributed by atoms with Crippen LogP contribution in [-0.4, -0.2) is 18.5 Å². The lowest BCUT2D eigenvalue weighted by Crippen LogP contribution is -2.21. The summed E-state index contributed by atoms with van der Waals surface area (Å²) in [6.45, 7) is 2.24. The zero-order chi connectivity index (χ0) is 15.9. The van der Waals surface area contributed by atoms with E-state index in [1.807, 2.05) is 6.92 Å². The number of carbonyl (C=O) groups is 2. The van der Waals surface area contributed by atoms with Crippen molar-refractivity contribution in [3.8, 4) is 0 Å². The molecule has 0 heterocycles. The number of rotatable bonds is 3. The molecule has 0 fully saturated rings. The third kappa shape index (κ3) is 2.58. The average Bonchev–Trinajstić information content (AvgIpc) is 2.84. The molecule has 0 saturated carbocycles. The molecule has 4 nitrogen and oxygen atoms in total. The summed E-state index contributed by atoms with van der Waals surface area (Å²) in [5, 5.41) is 0. The van der Waals surface area contributed by atoms with Crippen LogP contribution in [0.2, 0.25) is 0 Å². The van der Waals surface area contributed by atoms with E-state index in [2.05, 4.69) is 22.0 Å². The molecule has 1 atom stereocenters. The van der Waals surface area contributed by atoms with Gasteiger partial charge in [0.1, 0.15) is 0 Å². The lowest BCUT2D eigenvalue weighted by Gasteiger charge is -2.22. The number of nitrogens with two attached hydrogens (primary N) is 1. The fraction of sp³-hybridized carbons (Fsp3) is 0.412. The topological polar surface area (TPSA) is 69.4 Å². The quantitative estimate of drug-likeness (QED) is 0.838. The van der Waals surface area contributed by atoms with Gasteiger partial charge in [0.2, 0.25) is 5.91 Å². The molecular formula is C17H18BrNO3. The summed E-state index contributed by atoms with van der Waals surface area (Å²) < 4.78 is 6.01. The Balaban J connectivity index is 1.92. The van der Waals surface area contributed by atoms with Crippen LogP contribution in [0.1, 0.15) is 47.7 Å². The molecule has 116 valence electrons. The summed E-state index contributed by atoms with van der Waals surface area (Å²) in [5.74, 6) is -0.575. The number of ether oxygens (including phenoxy) is 1. The number of primary amides is 1. The first-order valence-corrected chi connectivity index (χ1v) is 8.30. The Kier molecular flexibility index (Phi) is 4.08. The molecular weight excluding hydrogens is 346 g/mol. The molecule has 0 aromatic heterocycles. The lowest BCUT2D eigenvalue weighted by atomic mass is 9.84. The van der Waals surface area contributed by atoms with Crippen molar-refractivity contribution in [1.29, 1.82) is 0 Å². The van der Waals surface area contributed by atoms with E-state index in [9.17, 15) is 9.59 Å².